The molecule has 1 saturated heterocycles. The zero-order valence-electron chi connectivity index (χ0n) is 12.2. The number of fused-ring (bicyclic) bond motifs is 3. The summed E-state index contributed by atoms with van der Waals surface area (Å²) in [4.78, 5) is 11.5. The number of halogens is 1. The number of hydrogen-bond acceptors (Lipinski definition) is 5. The number of nitrogens with one attached hydrogen (secondary N) is 2. The predicted molar refractivity (Wildman–Crippen MR) is 82.9 cm³/mol. The number of pyridine rings is 2. The standard InChI is InChI=1S/C16H14FN5O/c17-10-7-19-5-3-13(10)23-15-11(6-18)21-8-12-14(15)9-2-1-4-20-16(9)22-12/h1-2,4,8,10,13,19H,3,5,7H2,(H,20,22)/t10-,13+/m0/s1. The van der Waals surface area contributed by atoms with Crippen LogP contribution in [0.3, 0.4) is 0 Å². The summed E-state index contributed by atoms with van der Waals surface area (Å²) in [7, 11) is 0. The number of aromatic nitrogens is 3. The number of piperidine rings is 1. The number of rotatable bonds is 2. The zero-order chi connectivity index (χ0) is 15.8. The van der Waals surface area contributed by atoms with Crippen LogP contribution in [-0.4, -0.2) is 40.3 Å². The van der Waals surface area contributed by atoms with Crippen molar-refractivity contribution in [3.63, 3.8) is 0 Å². The number of alkyl halides is 1. The van der Waals surface area contributed by atoms with E-state index in [1.54, 1.807) is 12.4 Å². The molecule has 0 aliphatic carbocycles. The molecular weight excluding hydrogens is 297 g/mol. The predicted octanol–water partition coefficient (Wildman–Crippen LogP) is 2.06. The Morgan fingerprint density at radius 2 is 2.30 bits per heavy atom. The molecule has 2 N–H and O–H groups in total. The van der Waals surface area contributed by atoms with Gasteiger partial charge in [-0.15, -0.1) is 0 Å². The molecule has 0 amide bonds. The molecule has 1 fully saturated rings. The lowest BCUT2D eigenvalue weighted by atomic mass is 10.1. The molecule has 1 aliphatic rings. The van der Waals surface area contributed by atoms with E-state index in [1.165, 1.54) is 0 Å². The minimum atomic E-state index is -1.12. The second-order valence-corrected chi connectivity index (χ2v) is 5.53. The van der Waals surface area contributed by atoms with E-state index in [-0.39, 0.29) is 12.2 Å². The zero-order valence-corrected chi connectivity index (χ0v) is 12.2. The Labute approximate surface area is 131 Å². The van der Waals surface area contributed by atoms with E-state index < -0.39 is 12.3 Å². The van der Waals surface area contributed by atoms with Crippen LogP contribution < -0.4 is 10.1 Å². The van der Waals surface area contributed by atoms with Gasteiger partial charge in [0.15, 0.2) is 11.4 Å². The SMILES string of the molecule is N#Cc1ncc2[nH]c3ncccc3c2c1O[C@@H]1CCNC[C@@H]1F. The van der Waals surface area contributed by atoms with Crippen LogP contribution in [0.1, 0.15) is 12.1 Å². The number of H-pyrrole nitrogens is 1. The highest BCUT2D eigenvalue weighted by atomic mass is 19.1. The van der Waals surface area contributed by atoms with Crippen LogP contribution in [0.5, 0.6) is 5.75 Å². The van der Waals surface area contributed by atoms with Crippen molar-refractivity contribution >= 4 is 21.9 Å². The van der Waals surface area contributed by atoms with Crippen LogP contribution in [0.2, 0.25) is 0 Å². The molecule has 2 atom stereocenters. The Hall–Kier alpha value is -2.72. The van der Waals surface area contributed by atoms with Gasteiger partial charge in [0.1, 0.15) is 24.0 Å². The van der Waals surface area contributed by atoms with Gasteiger partial charge in [0.05, 0.1) is 17.1 Å². The minimum absolute atomic E-state index is 0.160. The monoisotopic (exact) mass is 311 g/mol. The number of nitrogens with zero attached hydrogens (tertiary/aromatic N) is 3. The maximum Gasteiger partial charge on any atom is 0.183 e. The summed E-state index contributed by atoms with van der Waals surface area (Å²) in [5, 5.41) is 13.9. The van der Waals surface area contributed by atoms with Crippen LogP contribution in [0.25, 0.3) is 21.9 Å². The molecule has 116 valence electrons. The number of nitriles is 1. The van der Waals surface area contributed by atoms with Crippen molar-refractivity contribution in [1.29, 1.82) is 5.26 Å². The smallest absolute Gasteiger partial charge is 0.183 e. The molecule has 23 heavy (non-hydrogen) atoms. The Morgan fingerprint density at radius 1 is 1.39 bits per heavy atom. The molecule has 1 aliphatic heterocycles. The molecule has 0 aromatic carbocycles. The van der Waals surface area contributed by atoms with Crippen LogP contribution in [0.15, 0.2) is 24.5 Å². The maximum absolute atomic E-state index is 14.1. The summed E-state index contributed by atoms with van der Waals surface area (Å²) in [5.41, 5.74) is 1.57. The summed E-state index contributed by atoms with van der Waals surface area (Å²) in [5.74, 6) is 0.332. The first-order valence-electron chi connectivity index (χ1n) is 7.45. The lowest BCUT2D eigenvalue weighted by Crippen LogP contribution is -2.44. The fourth-order valence-electron chi connectivity index (χ4n) is 2.96. The van der Waals surface area contributed by atoms with E-state index in [1.807, 2.05) is 18.2 Å². The molecule has 3 aromatic rings. The Balaban J connectivity index is 1.90. The normalized spacial score (nSPS) is 21.4. The summed E-state index contributed by atoms with van der Waals surface area (Å²) < 4.78 is 20.0. The highest BCUT2D eigenvalue weighted by Crippen LogP contribution is 2.35. The van der Waals surface area contributed by atoms with Crippen LogP contribution in [0, 0.1) is 11.3 Å². The number of hydrogen-bond donors (Lipinski definition) is 2. The van der Waals surface area contributed by atoms with E-state index in [9.17, 15) is 9.65 Å². The Kier molecular flexibility index (Phi) is 3.32. The second-order valence-electron chi connectivity index (χ2n) is 5.53. The topological polar surface area (TPSA) is 86.6 Å². The fourth-order valence-corrected chi connectivity index (χ4v) is 2.96. The van der Waals surface area contributed by atoms with E-state index in [2.05, 4.69) is 20.3 Å². The second kappa shape index (κ2) is 5.48. The third-order valence-electron chi connectivity index (χ3n) is 4.09. The first-order valence-corrected chi connectivity index (χ1v) is 7.45. The quantitative estimate of drug-likeness (QED) is 0.756. The molecule has 0 saturated carbocycles. The maximum atomic E-state index is 14.1. The van der Waals surface area contributed by atoms with Gasteiger partial charge in [-0.1, -0.05) is 0 Å². The van der Waals surface area contributed by atoms with E-state index in [0.29, 0.717) is 24.4 Å². The van der Waals surface area contributed by atoms with Crippen molar-refractivity contribution in [3.8, 4) is 11.8 Å². The highest BCUT2D eigenvalue weighted by Gasteiger charge is 2.28. The molecule has 7 heteroatoms. The number of aromatic amines is 1. The highest BCUT2D eigenvalue weighted by molar-refractivity contribution is 6.09. The molecule has 0 bridgehead atoms. The van der Waals surface area contributed by atoms with Crippen LogP contribution in [0.4, 0.5) is 4.39 Å². The van der Waals surface area contributed by atoms with Gasteiger partial charge in [-0.3, -0.25) is 0 Å². The van der Waals surface area contributed by atoms with Crippen molar-refractivity contribution in [2.24, 2.45) is 0 Å². The van der Waals surface area contributed by atoms with Crippen molar-refractivity contribution in [2.75, 3.05) is 13.1 Å². The molecule has 0 spiro atoms. The van der Waals surface area contributed by atoms with Crippen molar-refractivity contribution in [3.05, 3.63) is 30.2 Å². The minimum Gasteiger partial charge on any atom is -0.483 e. The molecule has 0 unspecified atom stereocenters. The molecule has 3 aromatic heterocycles. The van der Waals surface area contributed by atoms with Crippen molar-refractivity contribution in [2.45, 2.75) is 18.7 Å². The molecule has 0 radical (unpaired) electrons. The van der Waals surface area contributed by atoms with Gasteiger partial charge in [-0.25, -0.2) is 14.4 Å². The van der Waals surface area contributed by atoms with Crippen molar-refractivity contribution in [1.82, 2.24) is 20.3 Å². The average molecular weight is 311 g/mol. The van der Waals surface area contributed by atoms with Gasteiger partial charge in [0.2, 0.25) is 0 Å². The third kappa shape index (κ3) is 2.28. The molecular formula is C16H14FN5O. The Morgan fingerprint density at radius 3 is 3.13 bits per heavy atom. The van der Waals surface area contributed by atoms with Crippen LogP contribution in [-0.2, 0) is 0 Å². The van der Waals surface area contributed by atoms with Gasteiger partial charge >= 0.3 is 0 Å². The van der Waals surface area contributed by atoms with Gasteiger partial charge in [0, 0.05) is 18.1 Å². The third-order valence-corrected chi connectivity index (χ3v) is 4.09. The molecule has 4 rings (SSSR count). The van der Waals surface area contributed by atoms with Crippen molar-refractivity contribution < 1.29 is 9.13 Å². The summed E-state index contributed by atoms with van der Waals surface area (Å²) in [6, 6.07) is 5.75. The lowest BCUT2D eigenvalue weighted by Gasteiger charge is -2.27. The van der Waals surface area contributed by atoms with Gasteiger partial charge in [-0.05, 0) is 25.1 Å². The van der Waals surface area contributed by atoms with Gasteiger partial charge < -0.3 is 15.0 Å². The Bertz CT molecular complexity index is 916. The molecule has 4 heterocycles. The lowest BCUT2D eigenvalue weighted by molar-refractivity contribution is 0.0739. The van der Waals surface area contributed by atoms with Crippen LogP contribution >= 0.6 is 0 Å². The summed E-state index contributed by atoms with van der Waals surface area (Å²) in [6.07, 6.45) is 2.11. The van der Waals surface area contributed by atoms with E-state index in [0.717, 1.165) is 16.3 Å². The first kappa shape index (κ1) is 13.9. The van der Waals surface area contributed by atoms with E-state index in [4.69, 9.17) is 4.74 Å². The van der Waals surface area contributed by atoms with E-state index >= 15 is 0 Å². The molecule has 6 nitrogen and oxygen atoms in total. The van der Waals surface area contributed by atoms with Gasteiger partial charge in [-0.2, -0.15) is 5.26 Å². The summed E-state index contributed by atoms with van der Waals surface area (Å²) >= 11 is 0. The first-order chi connectivity index (χ1) is 11.3. The van der Waals surface area contributed by atoms with Gasteiger partial charge in [0.25, 0.3) is 0 Å². The number of ether oxygens (including phenoxy) is 1. The largest absolute Gasteiger partial charge is 0.483 e. The average Bonchev–Trinajstić information content (AvgIpc) is 2.96. The summed E-state index contributed by atoms with van der Waals surface area (Å²) in [6.45, 7) is 0.942. The fraction of sp³-hybridized carbons (Fsp3) is 0.312.